The molecular formula is C19H30N4O2. The number of aromatic amines is 1. The second-order valence-electron chi connectivity index (χ2n) is 7.25. The molecule has 2 aliphatic heterocycles. The van der Waals surface area contributed by atoms with Crippen LogP contribution < -0.4 is 0 Å². The minimum atomic E-state index is 0.0281. The number of carbonyl (C=O) groups is 2. The lowest BCUT2D eigenvalue weighted by atomic mass is 9.93. The summed E-state index contributed by atoms with van der Waals surface area (Å²) >= 11 is 0. The van der Waals surface area contributed by atoms with Crippen molar-refractivity contribution < 1.29 is 9.59 Å². The number of aromatic nitrogens is 1. The van der Waals surface area contributed by atoms with Gasteiger partial charge in [0.25, 0.3) is 5.91 Å². The largest absolute Gasteiger partial charge is 0.357 e. The van der Waals surface area contributed by atoms with Gasteiger partial charge in [0.15, 0.2) is 0 Å². The lowest BCUT2D eigenvalue weighted by molar-refractivity contribution is -0.134. The highest BCUT2D eigenvalue weighted by Gasteiger charge is 2.27. The molecule has 0 aromatic carbocycles. The van der Waals surface area contributed by atoms with E-state index in [-0.39, 0.29) is 11.8 Å². The topological polar surface area (TPSA) is 59.7 Å². The van der Waals surface area contributed by atoms with E-state index in [1.807, 2.05) is 15.9 Å². The lowest BCUT2D eigenvalue weighted by Gasteiger charge is -2.36. The highest BCUT2D eigenvalue weighted by Crippen LogP contribution is 2.22. The zero-order valence-corrected chi connectivity index (χ0v) is 15.2. The number of rotatable bonds is 5. The summed E-state index contributed by atoms with van der Waals surface area (Å²) in [5, 5.41) is 0. The van der Waals surface area contributed by atoms with Gasteiger partial charge in [-0.1, -0.05) is 6.92 Å². The van der Waals surface area contributed by atoms with Crippen molar-refractivity contribution in [1.29, 1.82) is 0 Å². The van der Waals surface area contributed by atoms with E-state index in [1.165, 1.54) is 13.0 Å². The van der Waals surface area contributed by atoms with Crippen LogP contribution in [0.4, 0.5) is 0 Å². The summed E-state index contributed by atoms with van der Waals surface area (Å²) in [6.07, 6.45) is 5.91. The number of H-pyrrole nitrogens is 1. The Bertz CT molecular complexity index is 556. The number of nitrogens with zero attached hydrogens (tertiary/aromatic N) is 3. The number of carbonyl (C=O) groups excluding carboxylic acids is 2. The van der Waals surface area contributed by atoms with Gasteiger partial charge < -0.3 is 19.7 Å². The molecule has 1 N–H and O–H groups in total. The molecule has 0 bridgehead atoms. The average molecular weight is 346 g/mol. The van der Waals surface area contributed by atoms with Crippen molar-refractivity contribution >= 4 is 11.8 Å². The molecule has 25 heavy (non-hydrogen) atoms. The van der Waals surface area contributed by atoms with Crippen molar-refractivity contribution in [3.05, 3.63) is 24.0 Å². The molecule has 0 radical (unpaired) electrons. The van der Waals surface area contributed by atoms with Crippen molar-refractivity contribution in [2.75, 3.05) is 45.8 Å². The third kappa shape index (κ3) is 4.63. The first-order valence-corrected chi connectivity index (χ1v) is 9.60. The Morgan fingerprint density at radius 2 is 1.76 bits per heavy atom. The fourth-order valence-electron chi connectivity index (χ4n) is 3.90. The predicted octanol–water partition coefficient (Wildman–Crippen LogP) is 1.81. The Morgan fingerprint density at radius 1 is 1.08 bits per heavy atom. The van der Waals surface area contributed by atoms with Gasteiger partial charge in [0.05, 0.1) is 0 Å². The molecule has 3 heterocycles. The first-order chi connectivity index (χ1) is 12.2. The Kier molecular flexibility index (Phi) is 6.13. The van der Waals surface area contributed by atoms with Crippen molar-refractivity contribution in [2.45, 2.75) is 32.6 Å². The molecule has 1 aromatic rings. The molecule has 0 aliphatic carbocycles. The van der Waals surface area contributed by atoms with Gasteiger partial charge in [0, 0.05) is 38.8 Å². The van der Waals surface area contributed by atoms with Gasteiger partial charge in [-0.3, -0.25) is 9.59 Å². The van der Waals surface area contributed by atoms with Crippen LogP contribution in [0.2, 0.25) is 0 Å². The predicted molar refractivity (Wildman–Crippen MR) is 97.3 cm³/mol. The number of piperidine rings is 1. The Morgan fingerprint density at radius 3 is 2.36 bits per heavy atom. The third-order valence-electron chi connectivity index (χ3n) is 5.46. The summed E-state index contributed by atoms with van der Waals surface area (Å²) in [6, 6.07) is 3.63. The number of hydrogen-bond acceptors (Lipinski definition) is 3. The molecule has 1 aromatic heterocycles. The van der Waals surface area contributed by atoms with Crippen LogP contribution in [0.3, 0.4) is 0 Å². The van der Waals surface area contributed by atoms with Crippen LogP contribution in [-0.2, 0) is 4.79 Å². The maximum absolute atomic E-state index is 12.6. The van der Waals surface area contributed by atoms with Gasteiger partial charge in [-0.15, -0.1) is 0 Å². The summed E-state index contributed by atoms with van der Waals surface area (Å²) in [4.78, 5) is 34.1. The summed E-state index contributed by atoms with van der Waals surface area (Å²) in [6.45, 7) is 8.21. The summed E-state index contributed by atoms with van der Waals surface area (Å²) < 4.78 is 0. The molecule has 6 nitrogen and oxygen atoms in total. The number of amides is 2. The summed E-state index contributed by atoms with van der Waals surface area (Å²) in [5.41, 5.74) is 0.624. The lowest BCUT2D eigenvalue weighted by Crippen LogP contribution is -2.51. The van der Waals surface area contributed by atoms with E-state index < -0.39 is 0 Å². The molecule has 138 valence electrons. The van der Waals surface area contributed by atoms with E-state index in [9.17, 15) is 9.59 Å². The molecule has 2 fully saturated rings. The number of likely N-dealkylation sites (tertiary alicyclic amines) is 1. The zero-order chi connectivity index (χ0) is 17.6. The molecule has 0 saturated carbocycles. The quantitative estimate of drug-likeness (QED) is 0.885. The molecule has 0 atom stereocenters. The van der Waals surface area contributed by atoms with Crippen LogP contribution in [0.1, 0.15) is 43.1 Å². The second-order valence-corrected chi connectivity index (χ2v) is 7.25. The zero-order valence-electron chi connectivity index (χ0n) is 15.2. The molecule has 0 spiro atoms. The molecule has 3 rings (SSSR count). The molecule has 0 unspecified atom stereocenters. The minimum absolute atomic E-state index is 0.0281. The van der Waals surface area contributed by atoms with Crippen LogP contribution in [0.25, 0.3) is 0 Å². The minimum Gasteiger partial charge on any atom is -0.357 e. The van der Waals surface area contributed by atoms with Crippen LogP contribution in [0, 0.1) is 5.92 Å². The van der Waals surface area contributed by atoms with Crippen LogP contribution in [0.15, 0.2) is 18.3 Å². The van der Waals surface area contributed by atoms with Crippen LogP contribution >= 0.6 is 0 Å². The molecule has 2 aliphatic rings. The highest BCUT2D eigenvalue weighted by molar-refractivity contribution is 5.92. The molecule has 2 saturated heterocycles. The van der Waals surface area contributed by atoms with Crippen molar-refractivity contribution in [3.8, 4) is 0 Å². The van der Waals surface area contributed by atoms with Crippen LogP contribution in [0.5, 0.6) is 0 Å². The standard InChI is InChI=1S/C19H30N4O2/c1-2-8-21-9-5-16(6-10-21)15-18(24)22-11-13-23(14-12-22)19(25)17-4-3-7-20-17/h3-4,7,16,20H,2,5-6,8-15H2,1H3. The van der Waals surface area contributed by atoms with E-state index >= 15 is 0 Å². The van der Waals surface area contributed by atoms with Gasteiger partial charge in [0.1, 0.15) is 5.69 Å². The number of hydrogen-bond donors (Lipinski definition) is 1. The van der Waals surface area contributed by atoms with E-state index in [4.69, 9.17) is 0 Å². The first kappa shape index (κ1) is 18.0. The Labute approximate surface area is 150 Å². The van der Waals surface area contributed by atoms with Crippen molar-refractivity contribution in [3.63, 3.8) is 0 Å². The highest BCUT2D eigenvalue weighted by atomic mass is 16.2. The average Bonchev–Trinajstić information content (AvgIpc) is 3.18. The van der Waals surface area contributed by atoms with Crippen LogP contribution in [-0.4, -0.2) is 77.3 Å². The second kappa shape index (κ2) is 8.52. The summed E-state index contributed by atoms with van der Waals surface area (Å²) in [5.74, 6) is 0.820. The smallest absolute Gasteiger partial charge is 0.270 e. The van der Waals surface area contributed by atoms with E-state index in [0.29, 0.717) is 44.2 Å². The van der Waals surface area contributed by atoms with Gasteiger partial charge >= 0.3 is 0 Å². The number of piperazine rings is 1. The summed E-state index contributed by atoms with van der Waals surface area (Å²) in [7, 11) is 0. The van der Waals surface area contributed by atoms with Gasteiger partial charge in [-0.25, -0.2) is 0 Å². The molecular weight excluding hydrogens is 316 g/mol. The monoisotopic (exact) mass is 346 g/mol. The normalized spacial score (nSPS) is 20.0. The molecule has 2 amide bonds. The van der Waals surface area contributed by atoms with Crippen molar-refractivity contribution in [2.24, 2.45) is 5.92 Å². The maximum atomic E-state index is 12.6. The van der Waals surface area contributed by atoms with E-state index in [2.05, 4.69) is 16.8 Å². The first-order valence-electron chi connectivity index (χ1n) is 9.60. The number of nitrogens with one attached hydrogen (secondary N) is 1. The van der Waals surface area contributed by atoms with E-state index in [1.54, 1.807) is 12.3 Å². The van der Waals surface area contributed by atoms with E-state index in [0.717, 1.165) is 25.9 Å². The third-order valence-corrected chi connectivity index (χ3v) is 5.46. The molecule has 6 heteroatoms. The fourth-order valence-corrected chi connectivity index (χ4v) is 3.90. The maximum Gasteiger partial charge on any atom is 0.270 e. The van der Waals surface area contributed by atoms with Crippen molar-refractivity contribution in [1.82, 2.24) is 19.7 Å². The van der Waals surface area contributed by atoms with Gasteiger partial charge in [0.2, 0.25) is 5.91 Å². The Hall–Kier alpha value is -1.82. The van der Waals surface area contributed by atoms with Gasteiger partial charge in [-0.05, 0) is 56.9 Å². The van der Waals surface area contributed by atoms with Gasteiger partial charge in [-0.2, -0.15) is 0 Å². The SMILES string of the molecule is CCCN1CCC(CC(=O)N2CCN(C(=O)c3ccc[nH]3)CC2)CC1. The Balaban J connectivity index is 1.41. The fraction of sp³-hybridized carbons (Fsp3) is 0.684.